The fourth-order valence-corrected chi connectivity index (χ4v) is 4.02. The van der Waals surface area contributed by atoms with Gasteiger partial charge in [0.15, 0.2) is 0 Å². The van der Waals surface area contributed by atoms with E-state index in [-0.39, 0.29) is 42.2 Å². The van der Waals surface area contributed by atoms with Crippen LogP contribution >= 0.6 is 0 Å². The lowest BCUT2D eigenvalue weighted by Crippen LogP contribution is -2.55. The predicted octanol–water partition coefficient (Wildman–Crippen LogP) is 2.37. The summed E-state index contributed by atoms with van der Waals surface area (Å²) in [7, 11) is 0. The van der Waals surface area contributed by atoms with Crippen LogP contribution in [0.5, 0.6) is 0 Å². The summed E-state index contributed by atoms with van der Waals surface area (Å²) in [6, 6.07) is 6.82. The van der Waals surface area contributed by atoms with Crippen LogP contribution in [0.3, 0.4) is 0 Å². The molecule has 0 bridgehead atoms. The molecule has 2 unspecified atom stereocenters. The van der Waals surface area contributed by atoms with E-state index in [2.05, 4.69) is 10.2 Å². The van der Waals surface area contributed by atoms with Crippen molar-refractivity contribution in [3.63, 3.8) is 0 Å². The smallest absolute Gasteiger partial charge is 0.317 e. The Bertz CT molecular complexity index is 683. The summed E-state index contributed by atoms with van der Waals surface area (Å²) in [6.07, 6.45) is 4.89. The normalized spacial score (nSPS) is 29.9. The van der Waals surface area contributed by atoms with E-state index in [9.17, 15) is 14.0 Å². The highest BCUT2D eigenvalue weighted by molar-refractivity contribution is 5.83. The Labute approximate surface area is 152 Å². The number of amides is 1. The van der Waals surface area contributed by atoms with Crippen LogP contribution in [0.4, 0.5) is 4.39 Å². The van der Waals surface area contributed by atoms with Gasteiger partial charge in [0, 0.05) is 24.5 Å². The highest BCUT2D eigenvalue weighted by atomic mass is 19.1. The minimum absolute atomic E-state index is 0.0129. The summed E-state index contributed by atoms with van der Waals surface area (Å²) in [5.41, 5.74) is 1.02. The summed E-state index contributed by atoms with van der Waals surface area (Å²) >= 11 is 0. The number of halogens is 1. The Morgan fingerprint density at radius 3 is 2.46 bits per heavy atom. The molecule has 4 rings (SSSR count). The standard InChI is InChI=1S/C20H25FN2O3/c21-14-5-3-13(4-6-14)17-9-18(17)20(26)22-15-7-16(8-15)23(11-19(24)25)10-12-1-2-12/h3-6,12,15-18H,1-2,7-11H2,(H,22,26)(H,24,25). The molecular weight excluding hydrogens is 335 g/mol. The van der Waals surface area contributed by atoms with Crippen molar-refractivity contribution in [3.8, 4) is 0 Å². The van der Waals surface area contributed by atoms with E-state index in [1.807, 2.05) is 0 Å². The molecule has 0 aromatic heterocycles. The van der Waals surface area contributed by atoms with Crippen LogP contribution in [0, 0.1) is 17.7 Å². The first-order chi connectivity index (χ1) is 12.5. The highest BCUT2D eigenvalue weighted by Crippen LogP contribution is 2.47. The fourth-order valence-electron chi connectivity index (χ4n) is 4.02. The minimum Gasteiger partial charge on any atom is -0.480 e. The largest absolute Gasteiger partial charge is 0.480 e. The molecule has 1 aromatic rings. The van der Waals surface area contributed by atoms with Gasteiger partial charge < -0.3 is 10.4 Å². The first-order valence-electron chi connectivity index (χ1n) is 9.51. The number of hydrogen-bond acceptors (Lipinski definition) is 3. The highest BCUT2D eigenvalue weighted by Gasteiger charge is 2.46. The number of nitrogens with one attached hydrogen (secondary N) is 1. The molecule has 0 spiro atoms. The first kappa shape index (κ1) is 17.5. The third-order valence-corrected chi connectivity index (χ3v) is 5.93. The maximum absolute atomic E-state index is 13.0. The van der Waals surface area contributed by atoms with Gasteiger partial charge in [0.1, 0.15) is 5.82 Å². The van der Waals surface area contributed by atoms with Crippen LogP contribution in [0.2, 0.25) is 0 Å². The van der Waals surface area contributed by atoms with Crippen molar-refractivity contribution < 1.29 is 19.1 Å². The van der Waals surface area contributed by atoms with Gasteiger partial charge in [0.05, 0.1) is 6.54 Å². The number of benzene rings is 1. The summed E-state index contributed by atoms with van der Waals surface area (Å²) in [5, 5.41) is 12.2. The van der Waals surface area contributed by atoms with Gasteiger partial charge in [0.25, 0.3) is 0 Å². The van der Waals surface area contributed by atoms with Crippen LogP contribution in [0.15, 0.2) is 24.3 Å². The van der Waals surface area contributed by atoms with E-state index in [4.69, 9.17) is 5.11 Å². The van der Waals surface area contributed by atoms with Gasteiger partial charge in [-0.15, -0.1) is 0 Å². The van der Waals surface area contributed by atoms with Gasteiger partial charge in [-0.25, -0.2) is 4.39 Å². The Morgan fingerprint density at radius 2 is 1.85 bits per heavy atom. The molecular formula is C20H25FN2O3. The lowest BCUT2D eigenvalue weighted by Gasteiger charge is -2.42. The number of carbonyl (C=O) groups excluding carboxylic acids is 1. The average molecular weight is 360 g/mol. The predicted molar refractivity (Wildman–Crippen MR) is 94.1 cm³/mol. The molecule has 2 N–H and O–H groups in total. The van der Waals surface area contributed by atoms with Crippen LogP contribution in [0.1, 0.15) is 43.6 Å². The van der Waals surface area contributed by atoms with Crippen molar-refractivity contribution in [1.82, 2.24) is 10.2 Å². The van der Waals surface area contributed by atoms with Gasteiger partial charge in [-0.3, -0.25) is 14.5 Å². The molecule has 0 heterocycles. The fraction of sp³-hybridized carbons (Fsp3) is 0.600. The molecule has 140 valence electrons. The number of nitrogens with zero attached hydrogens (tertiary/aromatic N) is 1. The zero-order chi connectivity index (χ0) is 18.3. The van der Waals surface area contributed by atoms with Crippen LogP contribution in [-0.4, -0.2) is 47.1 Å². The lowest BCUT2D eigenvalue weighted by atomic mass is 9.85. The monoisotopic (exact) mass is 360 g/mol. The molecule has 0 radical (unpaired) electrons. The van der Waals surface area contributed by atoms with Crippen molar-refractivity contribution in [3.05, 3.63) is 35.6 Å². The van der Waals surface area contributed by atoms with Crippen LogP contribution < -0.4 is 5.32 Å². The molecule has 5 nitrogen and oxygen atoms in total. The number of aliphatic carboxylic acids is 1. The van der Waals surface area contributed by atoms with E-state index in [0.29, 0.717) is 5.92 Å². The van der Waals surface area contributed by atoms with E-state index in [0.717, 1.165) is 31.4 Å². The van der Waals surface area contributed by atoms with E-state index < -0.39 is 5.97 Å². The van der Waals surface area contributed by atoms with Crippen molar-refractivity contribution in [2.45, 2.75) is 50.1 Å². The molecule has 0 saturated heterocycles. The summed E-state index contributed by atoms with van der Waals surface area (Å²) in [5.74, 6) is -0.113. The molecule has 3 saturated carbocycles. The van der Waals surface area contributed by atoms with Gasteiger partial charge >= 0.3 is 5.97 Å². The molecule has 0 aliphatic heterocycles. The summed E-state index contributed by atoms with van der Waals surface area (Å²) < 4.78 is 13.0. The van der Waals surface area contributed by atoms with Crippen LogP contribution in [-0.2, 0) is 9.59 Å². The first-order valence-corrected chi connectivity index (χ1v) is 9.51. The van der Waals surface area contributed by atoms with Crippen molar-refractivity contribution in [2.75, 3.05) is 13.1 Å². The van der Waals surface area contributed by atoms with Gasteiger partial charge in [-0.05, 0) is 61.6 Å². The molecule has 3 fully saturated rings. The number of carboxylic acid groups (broad SMARTS) is 1. The summed E-state index contributed by atoms with van der Waals surface area (Å²) in [6.45, 7) is 0.962. The van der Waals surface area contributed by atoms with Gasteiger partial charge in [-0.1, -0.05) is 12.1 Å². The molecule has 3 aliphatic rings. The number of hydrogen-bond donors (Lipinski definition) is 2. The minimum atomic E-state index is -0.779. The second kappa shape index (κ2) is 6.99. The Balaban J connectivity index is 1.23. The zero-order valence-electron chi connectivity index (χ0n) is 14.7. The molecule has 3 aliphatic carbocycles. The maximum atomic E-state index is 13.0. The van der Waals surface area contributed by atoms with Gasteiger partial charge in [-0.2, -0.15) is 0 Å². The Hall–Kier alpha value is -1.95. The van der Waals surface area contributed by atoms with E-state index in [1.165, 1.54) is 25.0 Å². The topological polar surface area (TPSA) is 69.6 Å². The zero-order valence-corrected chi connectivity index (χ0v) is 14.7. The molecule has 2 atom stereocenters. The van der Waals surface area contributed by atoms with Gasteiger partial charge in [0.2, 0.25) is 5.91 Å². The third kappa shape index (κ3) is 4.06. The second-order valence-electron chi connectivity index (χ2n) is 8.10. The van der Waals surface area contributed by atoms with Crippen molar-refractivity contribution >= 4 is 11.9 Å². The van der Waals surface area contributed by atoms with Crippen molar-refractivity contribution in [2.24, 2.45) is 11.8 Å². The Morgan fingerprint density at radius 1 is 1.15 bits per heavy atom. The van der Waals surface area contributed by atoms with E-state index >= 15 is 0 Å². The SMILES string of the molecule is O=C(O)CN(CC1CC1)C1CC(NC(=O)C2CC2c2ccc(F)cc2)C1. The Kier molecular flexibility index (Phi) is 4.69. The number of rotatable bonds is 8. The molecule has 26 heavy (non-hydrogen) atoms. The third-order valence-electron chi connectivity index (χ3n) is 5.93. The number of carboxylic acids is 1. The number of carbonyl (C=O) groups is 2. The summed E-state index contributed by atoms with van der Waals surface area (Å²) in [4.78, 5) is 25.5. The average Bonchev–Trinajstić information content (AvgIpc) is 3.44. The second-order valence-corrected chi connectivity index (χ2v) is 8.10. The van der Waals surface area contributed by atoms with Crippen LogP contribution in [0.25, 0.3) is 0 Å². The van der Waals surface area contributed by atoms with Crippen molar-refractivity contribution in [1.29, 1.82) is 0 Å². The molecule has 6 heteroatoms. The maximum Gasteiger partial charge on any atom is 0.317 e. The lowest BCUT2D eigenvalue weighted by molar-refractivity contribution is -0.140. The van der Waals surface area contributed by atoms with E-state index in [1.54, 1.807) is 12.1 Å². The molecule has 1 amide bonds. The molecule has 1 aromatic carbocycles. The quantitative estimate of drug-likeness (QED) is 0.747.